The Balaban J connectivity index is 2.04. The van der Waals surface area contributed by atoms with Crippen LogP contribution in [0.4, 0.5) is 0 Å². The Morgan fingerprint density at radius 1 is 1.38 bits per heavy atom. The molecule has 0 aliphatic carbocycles. The Labute approximate surface area is 93.0 Å². The highest BCUT2D eigenvalue weighted by Gasteiger charge is 2.28. The van der Waals surface area contributed by atoms with E-state index in [4.69, 9.17) is 5.73 Å². The van der Waals surface area contributed by atoms with Crippen molar-refractivity contribution < 1.29 is 0 Å². The molecule has 3 N–H and O–H groups in total. The van der Waals surface area contributed by atoms with E-state index in [0.717, 1.165) is 16.9 Å². The van der Waals surface area contributed by atoms with E-state index in [2.05, 4.69) is 15.1 Å². The number of H-pyrrole nitrogens is 1. The average molecular weight is 215 g/mol. The fourth-order valence-electron chi connectivity index (χ4n) is 1.94. The number of fused-ring (bicyclic) bond motifs is 1. The third kappa shape index (κ3) is 1.29. The zero-order chi connectivity index (χ0) is 11.1. The molecule has 0 radical (unpaired) electrons. The van der Waals surface area contributed by atoms with Gasteiger partial charge in [-0.25, -0.2) is 4.98 Å². The lowest BCUT2D eigenvalue weighted by Gasteiger charge is -2.17. The van der Waals surface area contributed by atoms with Crippen molar-refractivity contribution in [3.63, 3.8) is 0 Å². The van der Waals surface area contributed by atoms with Crippen LogP contribution in [0.15, 0.2) is 29.4 Å². The van der Waals surface area contributed by atoms with Gasteiger partial charge in [0.2, 0.25) is 0 Å². The summed E-state index contributed by atoms with van der Waals surface area (Å²) in [4.78, 5) is 7.81. The maximum atomic E-state index is 6.02. The fourth-order valence-corrected chi connectivity index (χ4v) is 1.94. The van der Waals surface area contributed by atoms with Gasteiger partial charge in [0.15, 0.2) is 0 Å². The van der Waals surface area contributed by atoms with Crippen LogP contribution in [0.25, 0.3) is 11.0 Å². The van der Waals surface area contributed by atoms with Crippen LogP contribution in [0.2, 0.25) is 0 Å². The summed E-state index contributed by atoms with van der Waals surface area (Å²) in [6, 6.07) is 7.95. The molecule has 0 bridgehead atoms. The molecule has 5 heteroatoms. The van der Waals surface area contributed by atoms with Gasteiger partial charge in [-0.2, -0.15) is 5.10 Å². The Morgan fingerprint density at radius 2 is 2.19 bits per heavy atom. The van der Waals surface area contributed by atoms with Gasteiger partial charge in [0.1, 0.15) is 12.0 Å². The number of nitrogens with zero attached hydrogens (tertiary/aromatic N) is 3. The van der Waals surface area contributed by atoms with Crippen LogP contribution in [-0.2, 0) is 0 Å². The molecule has 0 amide bonds. The second-order valence-electron chi connectivity index (χ2n) is 3.99. The Morgan fingerprint density at radius 3 is 2.88 bits per heavy atom. The molecule has 1 aromatic carbocycles. The van der Waals surface area contributed by atoms with E-state index < -0.39 is 0 Å². The van der Waals surface area contributed by atoms with Gasteiger partial charge in [-0.15, -0.1) is 0 Å². The van der Waals surface area contributed by atoms with Crippen LogP contribution in [-0.4, -0.2) is 34.4 Å². The van der Waals surface area contributed by atoms with Crippen molar-refractivity contribution in [1.82, 2.24) is 15.0 Å². The first-order chi connectivity index (χ1) is 7.75. The van der Waals surface area contributed by atoms with E-state index in [0.29, 0.717) is 0 Å². The smallest absolute Gasteiger partial charge is 0.119 e. The quantitative estimate of drug-likeness (QED) is 0.741. The number of hydrogen-bond acceptors (Lipinski definition) is 4. The zero-order valence-electron chi connectivity index (χ0n) is 8.96. The van der Waals surface area contributed by atoms with Crippen molar-refractivity contribution in [2.75, 3.05) is 7.05 Å². The lowest BCUT2D eigenvalue weighted by Crippen LogP contribution is -2.37. The number of hydrazone groups is 1. The fraction of sp³-hybridized carbons (Fsp3) is 0.273. The number of aromatic nitrogens is 2. The first-order valence-electron chi connectivity index (χ1n) is 5.23. The summed E-state index contributed by atoms with van der Waals surface area (Å²) >= 11 is 0. The number of rotatable bonds is 1. The maximum absolute atomic E-state index is 6.02. The molecule has 0 spiro atoms. The van der Waals surface area contributed by atoms with Crippen molar-refractivity contribution in [1.29, 1.82) is 0 Å². The highest BCUT2D eigenvalue weighted by Crippen LogP contribution is 2.23. The first-order valence-corrected chi connectivity index (χ1v) is 5.23. The molecule has 16 heavy (non-hydrogen) atoms. The molecule has 1 aliphatic heterocycles. The van der Waals surface area contributed by atoms with E-state index >= 15 is 0 Å². The van der Waals surface area contributed by atoms with E-state index in [9.17, 15) is 0 Å². The van der Waals surface area contributed by atoms with E-state index in [1.54, 1.807) is 5.01 Å². The van der Waals surface area contributed by atoms with Gasteiger partial charge < -0.3 is 10.7 Å². The summed E-state index contributed by atoms with van der Waals surface area (Å²) in [6.45, 7) is 0. The number of imidazole rings is 1. The predicted molar refractivity (Wildman–Crippen MR) is 63.1 cm³/mol. The summed E-state index contributed by atoms with van der Waals surface area (Å²) in [5, 5.41) is 5.92. The SMILES string of the molecule is CN1N=CC(c2nc3ccccc3[nH]2)C1N. The van der Waals surface area contributed by atoms with E-state index in [1.165, 1.54) is 0 Å². The largest absolute Gasteiger partial charge is 0.341 e. The molecule has 2 unspecified atom stereocenters. The van der Waals surface area contributed by atoms with Crippen molar-refractivity contribution >= 4 is 17.2 Å². The van der Waals surface area contributed by atoms with Gasteiger partial charge in [-0.3, -0.25) is 5.01 Å². The monoisotopic (exact) mass is 215 g/mol. The van der Waals surface area contributed by atoms with Crippen LogP contribution in [0, 0.1) is 0 Å². The molecule has 2 atom stereocenters. The molecule has 1 aliphatic rings. The Bertz CT molecular complexity index is 511. The number of hydrogen-bond donors (Lipinski definition) is 2. The summed E-state index contributed by atoms with van der Waals surface area (Å²) in [6.07, 6.45) is 1.70. The average Bonchev–Trinajstić information content (AvgIpc) is 2.84. The summed E-state index contributed by atoms with van der Waals surface area (Å²) in [5.41, 5.74) is 8.02. The molecule has 1 aromatic heterocycles. The van der Waals surface area contributed by atoms with Gasteiger partial charge in [-0.1, -0.05) is 12.1 Å². The van der Waals surface area contributed by atoms with Crippen molar-refractivity contribution in [2.24, 2.45) is 10.8 Å². The van der Waals surface area contributed by atoms with Crippen LogP contribution < -0.4 is 5.73 Å². The minimum Gasteiger partial charge on any atom is -0.341 e. The predicted octanol–water partition coefficient (Wildman–Crippen LogP) is 0.863. The van der Waals surface area contributed by atoms with Crippen LogP contribution in [0.3, 0.4) is 0 Å². The number of para-hydroxylation sites is 2. The van der Waals surface area contributed by atoms with Crippen LogP contribution in [0.1, 0.15) is 11.7 Å². The standard InChI is InChI=1S/C11H13N5/c1-16-10(12)7(6-13-16)11-14-8-4-2-3-5-9(8)15-11/h2-7,10H,12H2,1H3,(H,14,15). The normalized spacial score (nSPS) is 24.5. The second kappa shape index (κ2) is 3.31. The molecule has 3 rings (SSSR count). The molecule has 82 valence electrons. The number of benzene rings is 1. The van der Waals surface area contributed by atoms with Crippen molar-refractivity contribution in [2.45, 2.75) is 12.1 Å². The summed E-state index contributed by atoms with van der Waals surface area (Å²) in [5.74, 6) is 0.916. The van der Waals surface area contributed by atoms with Crippen LogP contribution in [0.5, 0.6) is 0 Å². The Hall–Kier alpha value is -1.88. The second-order valence-corrected chi connectivity index (χ2v) is 3.99. The molecule has 0 fully saturated rings. The third-order valence-electron chi connectivity index (χ3n) is 2.93. The van der Waals surface area contributed by atoms with Gasteiger partial charge >= 0.3 is 0 Å². The van der Waals surface area contributed by atoms with Gasteiger partial charge in [0, 0.05) is 13.3 Å². The number of likely N-dealkylation sites (N-methyl/N-ethyl adjacent to an activating group) is 1. The van der Waals surface area contributed by atoms with E-state index in [1.807, 2.05) is 37.5 Å². The first kappa shape index (κ1) is 9.35. The molecule has 2 aromatic rings. The van der Waals surface area contributed by atoms with Gasteiger partial charge in [0.05, 0.1) is 17.0 Å². The minimum atomic E-state index is -0.138. The highest BCUT2D eigenvalue weighted by molar-refractivity contribution is 5.77. The highest BCUT2D eigenvalue weighted by atomic mass is 15.5. The lowest BCUT2D eigenvalue weighted by molar-refractivity contribution is 0.274. The Kier molecular flexibility index (Phi) is 1.94. The number of aromatic amines is 1. The van der Waals surface area contributed by atoms with E-state index in [-0.39, 0.29) is 12.1 Å². The molecule has 0 saturated carbocycles. The molecule has 2 heterocycles. The molecular weight excluding hydrogens is 202 g/mol. The number of nitrogens with one attached hydrogen (secondary N) is 1. The number of nitrogens with two attached hydrogens (primary N) is 1. The topological polar surface area (TPSA) is 70.3 Å². The lowest BCUT2D eigenvalue weighted by atomic mass is 10.1. The van der Waals surface area contributed by atoms with Gasteiger partial charge in [-0.05, 0) is 12.1 Å². The maximum Gasteiger partial charge on any atom is 0.119 e. The van der Waals surface area contributed by atoms with Crippen molar-refractivity contribution in [3.05, 3.63) is 30.1 Å². The van der Waals surface area contributed by atoms with Gasteiger partial charge in [0.25, 0.3) is 0 Å². The molecular formula is C11H13N5. The van der Waals surface area contributed by atoms with Crippen LogP contribution >= 0.6 is 0 Å². The summed E-state index contributed by atoms with van der Waals surface area (Å²) in [7, 11) is 1.86. The molecule has 0 saturated heterocycles. The minimum absolute atomic E-state index is 0.0393. The third-order valence-corrected chi connectivity index (χ3v) is 2.93. The summed E-state index contributed by atoms with van der Waals surface area (Å²) < 4.78 is 0. The van der Waals surface area contributed by atoms with Crippen molar-refractivity contribution in [3.8, 4) is 0 Å². The molecule has 5 nitrogen and oxygen atoms in total. The zero-order valence-corrected chi connectivity index (χ0v) is 8.96.